The first-order valence-corrected chi connectivity index (χ1v) is 6.10. The normalized spacial score (nSPS) is 11.7. The van der Waals surface area contributed by atoms with E-state index in [1.165, 1.54) is 12.1 Å². The monoisotopic (exact) mass is 280 g/mol. The Labute approximate surface area is 115 Å². The van der Waals surface area contributed by atoms with Gasteiger partial charge in [-0.15, -0.1) is 0 Å². The van der Waals surface area contributed by atoms with Gasteiger partial charge in [-0.25, -0.2) is 0 Å². The van der Waals surface area contributed by atoms with Crippen molar-refractivity contribution in [2.45, 2.75) is 26.3 Å². The average molecular weight is 280 g/mol. The van der Waals surface area contributed by atoms with E-state index in [4.69, 9.17) is 5.11 Å². The third-order valence-corrected chi connectivity index (χ3v) is 2.67. The van der Waals surface area contributed by atoms with Crippen LogP contribution in [0.5, 0.6) is 0 Å². The predicted molar refractivity (Wildman–Crippen MR) is 71.0 cm³/mol. The molecule has 0 heterocycles. The minimum absolute atomic E-state index is 0.0315. The van der Waals surface area contributed by atoms with Crippen LogP contribution in [0, 0.1) is 16.0 Å². The molecule has 0 aromatic heterocycles. The van der Waals surface area contributed by atoms with E-state index in [2.05, 4.69) is 5.32 Å². The number of nitro benzene ring substituents is 1. The van der Waals surface area contributed by atoms with E-state index in [1.54, 1.807) is 19.1 Å². The van der Waals surface area contributed by atoms with Gasteiger partial charge in [-0.3, -0.25) is 19.7 Å². The summed E-state index contributed by atoms with van der Waals surface area (Å²) in [6.45, 7) is 1.86. The van der Waals surface area contributed by atoms with Crippen molar-refractivity contribution < 1.29 is 19.6 Å². The van der Waals surface area contributed by atoms with Crippen molar-refractivity contribution in [3.05, 3.63) is 39.9 Å². The van der Waals surface area contributed by atoms with Crippen LogP contribution in [0.4, 0.5) is 5.69 Å². The fourth-order valence-electron chi connectivity index (χ4n) is 1.74. The first-order chi connectivity index (χ1) is 9.38. The summed E-state index contributed by atoms with van der Waals surface area (Å²) in [5.74, 6) is -1.47. The van der Waals surface area contributed by atoms with Crippen molar-refractivity contribution >= 4 is 17.6 Å². The zero-order chi connectivity index (χ0) is 15.1. The standard InChI is InChI=1S/C13H16N2O5/c1-9(6-13(17)18)5-12(16)14-8-10-3-2-4-11(7-10)15(19)20/h2-4,7,9H,5-6,8H2,1H3,(H,14,16)(H,17,18). The number of carboxylic acid groups (broad SMARTS) is 1. The Bertz CT molecular complexity index is 515. The van der Waals surface area contributed by atoms with Gasteiger partial charge in [-0.2, -0.15) is 0 Å². The summed E-state index contributed by atoms with van der Waals surface area (Å²) in [7, 11) is 0. The first-order valence-electron chi connectivity index (χ1n) is 6.10. The number of carbonyl (C=O) groups is 2. The molecule has 0 aliphatic heterocycles. The third-order valence-electron chi connectivity index (χ3n) is 2.67. The molecule has 108 valence electrons. The van der Waals surface area contributed by atoms with Gasteiger partial charge >= 0.3 is 5.97 Å². The number of nitrogens with zero attached hydrogens (tertiary/aromatic N) is 1. The van der Waals surface area contributed by atoms with Gasteiger partial charge in [-0.05, 0) is 11.5 Å². The zero-order valence-corrected chi connectivity index (χ0v) is 11.0. The summed E-state index contributed by atoms with van der Waals surface area (Å²) in [5, 5.41) is 21.8. The maximum atomic E-state index is 11.6. The number of carboxylic acids is 1. The molecular formula is C13H16N2O5. The molecule has 1 amide bonds. The molecule has 1 atom stereocenters. The quantitative estimate of drug-likeness (QED) is 0.583. The van der Waals surface area contributed by atoms with Crippen LogP contribution in [0.15, 0.2) is 24.3 Å². The summed E-state index contributed by atoms with van der Waals surface area (Å²) < 4.78 is 0. The van der Waals surface area contributed by atoms with Gasteiger partial charge in [0.1, 0.15) is 0 Å². The average Bonchev–Trinajstić information content (AvgIpc) is 2.35. The third kappa shape index (κ3) is 5.47. The van der Waals surface area contributed by atoms with Gasteiger partial charge in [0.2, 0.25) is 5.91 Å². The number of hydrogen-bond acceptors (Lipinski definition) is 4. The second-order valence-corrected chi connectivity index (χ2v) is 4.61. The van der Waals surface area contributed by atoms with Crippen LogP contribution in [0.3, 0.4) is 0 Å². The fourth-order valence-corrected chi connectivity index (χ4v) is 1.74. The molecule has 0 fully saturated rings. The minimum atomic E-state index is -0.941. The van der Waals surface area contributed by atoms with Crippen molar-refractivity contribution in [3.8, 4) is 0 Å². The summed E-state index contributed by atoms with van der Waals surface area (Å²) >= 11 is 0. The van der Waals surface area contributed by atoms with E-state index in [1.807, 2.05) is 0 Å². The van der Waals surface area contributed by atoms with E-state index in [9.17, 15) is 19.7 Å². The first kappa shape index (κ1) is 15.6. The van der Waals surface area contributed by atoms with Crippen LogP contribution in [0.1, 0.15) is 25.3 Å². The Morgan fingerprint density at radius 2 is 2.10 bits per heavy atom. The Morgan fingerprint density at radius 3 is 2.70 bits per heavy atom. The molecular weight excluding hydrogens is 264 g/mol. The maximum absolute atomic E-state index is 11.6. The SMILES string of the molecule is CC(CC(=O)O)CC(=O)NCc1cccc([N+](=O)[O-])c1. The fraction of sp³-hybridized carbons (Fsp3) is 0.385. The molecule has 2 N–H and O–H groups in total. The number of carbonyl (C=O) groups excluding carboxylic acids is 1. The molecule has 7 heteroatoms. The highest BCUT2D eigenvalue weighted by Gasteiger charge is 2.12. The predicted octanol–water partition coefficient (Wildman–Crippen LogP) is 1.71. The number of nitro groups is 1. The van der Waals surface area contributed by atoms with E-state index < -0.39 is 10.9 Å². The van der Waals surface area contributed by atoms with Crippen LogP contribution in [-0.2, 0) is 16.1 Å². The van der Waals surface area contributed by atoms with E-state index in [-0.39, 0.29) is 36.9 Å². The molecule has 0 aliphatic carbocycles. The Morgan fingerprint density at radius 1 is 1.40 bits per heavy atom. The van der Waals surface area contributed by atoms with Gasteiger partial charge in [0.15, 0.2) is 0 Å². The lowest BCUT2D eigenvalue weighted by molar-refractivity contribution is -0.384. The summed E-state index contributed by atoms with van der Waals surface area (Å²) in [6, 6.07) is 5.99. The molecule has 1 aromatic rings. The lowest BCUT2D eigenvalue weighted by Gasteiger charge is -2.09. The summed E-state index contributed by atoms with van der Waals surface area (Å²) in [5.41, 5.74) is 0.592. The van der Waals surface area contributed by atoms with Gasteiger partial charge in [0.05, 0.1) is 4.92 Å². The Hall–Kier alpha value is -2.44. The van der Waals surface area contributed by atoms with Gasteiger partial charge in [-0.1, -0.05) is 19.1 Å². The van der Waals surface area contributed by atoms with E-state index in [0.717, 1.165) is 0 Å². The van der Waals surface area contributed by atoms with Crippen molar-refractivity contribution in [3.63, 3.8) is 0 Å². The molecule has 0 radical (unpaired) electrons. The highest BCUT2D eigenvalue weighted by Crippen LogP contribution is 2.13. The second-order valence-electron chi connectivity index (χ2n) is 4.61. The lowest BCUT2D eigenvalue weighted by Crippen LogP contribution is -2.25. The number of benzene rings is 1. The molecule has 0 spiro atoms. The van der Waals surface area contributed by atoms with Crippen molar-refractivity contribution in [1.29, 1.82) is 0 Å². The van der Waals surface area contributed by atoms with Crippen molar-refractivity contribution in [2.24, 2.45) is 5.92 Å². The molecule has 7 nitrogen and oxygen atoms in total. The van der Waals surface area contributed by atoms with E-state index >= 15 is 0 Å². The number of aliphatic carboxylic acids is 1. The number of hydrogen-bond donors (Lipinski definition) is 2. The number of nitrogens with one attached hydrogen (secondary N) is 1. The second kappa shape index (κ2) is 7.22. The lowest BCUT2D eigenvalue weighted by atomic mass is 10.0. The largest absolute Gasteiger partial charge is 0.481 e. The van der Waals surface area contributed by atoms with Gasteiger partial charge < -0.3 is 10.4 Å². The highest BCUT2D eigenvalue weighted by molar-refractivity contribution is 5.77. The molecule has 1 rings (SSSR count). The van der Waals surface area contributed by atoms with Crippen LogP contribution < -0.4 is 5.32 Å². The molecule has 0 aliphatic rings. The minimum Gasteiger partial charge on any atom is -0.481 e. The molecule has 0 saturated carbocycles. The molecule has 0 saturated heterocycles. The molecule has 0 bridgehead atoms. The number of non-ortho nitro benzene ring substituents is 1. The maximum Gasteiger partial charge on any atom is 0.303 e. The highest BCUT2D eigenvalue weighted by atomic mass is 16.6. The number of amides is 1. The number of rotatable bonds is 7. The van der Waals surface area contributed by atoms with Gasteiger partial charge in [0, 0.05) is 31.5 Å². The summed E-state index contributed by atoms with van der Waals surface area (Å²) in [4.78, 5) is 32.2. The van der Waals surface area contributed by atoms with Crippen molar-refractivity contribution in [1.82, 2.24) is 5.32 Å². The Kier molecular flexibility index (Phi) is 5.64. The molecule has 20 heavy (non-hydrogen) atoms. The zero-order valence-electron chi connectivity index (χ0n) is 11.0. The van der Waals surface area contributed by atoms with Crippen LogP contribution in [0.2, 0.25) is 0 Å². The summed E-state index contributed by atoms with van der Waals surface area (Å²) in [6.07, 6.45) is 0.0471. The molecule has 1 unspecified atom stereocenters. The van der Waals surface area contributed by atoms with Gasteiger partial charge in [0.25, 0.3) is 5.69 Å². The topological polar surface area (TPSA) is 110 Å². The van der Waals surface area contributed by atoms with Crippen LogP contribution >= 0.6 is 0 Å². The van der Waals surface area contributed by atoms with E-state index in [0.29, 0.717) is 5.56 Å². The van der Waals surface area contributed by atoms with Crippen molar-refractivity contribution in [2.75, 3.05) is 0 Å². The van der Waals surface area contributed by atoms with Crippen LogP contribution in [-0.4, -0.2) is 21.9 Å². The van der Waals surface area contributed by atoms with Crippen LogP contribution in [0.25, 0.3) is 0 Å². The Balaban J connectivity index is 2.46. The molecule has 1 aromatic carbocycles. The smallest absolute Gasteiger partial charge is 0.303 e.